The lowest BCUT2D eigenvalue weighted by Crippen LogP contribution is -2.12. The number of nitrogens with one attached hydrogen (secondary N) is 1. The number of halogens is 1. The molecule has 1 N–H and O–H groups in total. The number of aryl methyl sites for hydroxylation is 2. The van der Waals surface area contributed by atoms with E-state index >= 15 is 0 Å². The van der Waals surface area contributed by atoms with Crippen LogP contribution in [-0.2, 0) is 0 Å². The molecule has 104 valence electrons. The highest BCUT2D eigenvalue weighted by molar-refractivity contribution is 9.10. The van der Waals surface area contributed by atoms with E-state index in [0.29, 0.717) is 9.60 Å². The zero-order valence-corrected chi connectivity index (χ0v) is 13.0. The number of carbonyl (C=O) groups is 1. The molecular weight excluding hydrogens is 346 g/mol. The molecule has 0 unspecified atom stereocenters. The van der Waals surface area contributed by atoms with E-state index in [1.165, 1.54) is 29.5 Å². The molecule has 0 saturated heterocycles. The number of rotatable bonds is 3. The third-order valence-electron chi connectivity index (χ3n) is 2.65. The zero-order chi connectivity index (χ0) is 14.9. The molecule has 0 atom stereocenters. The first-order valence-corrected chi connectivity index (χ1v) is 7.18. The quantitative estimate of drug-likeness (QED) is 0.671. The van der Waals surface area contributed by atoms with Gasteiger partial charge in [0.1, 0.15) is 0 Å². The Morgan fingerprint density at radius 3 is 2.70 bits per heavy atom. The van der Waals surface area contributed by atoms with Crippen molar-refractivity contribution in [3.63, 3.8) is 0 Å². The third kappa shape index (κ3) is 3.02. The molecule has 2 rings (SSSR count). The van der Waals surface area contributed by atoms with E-state index in [1.807, 2.05) is 13.8 Å². The number of nitro groups is 1. The highest BCUT2D eigenvalue weighted by Crippen LogP contribution is 2.25. The van der Waals surface area contributed by atoms with Crippen molar-refractivity contribution in [1.82, 2.24) is 4.98 Å². The summed E-state index contributed by atoms with van der Waals surface area (Å²) in [6, 6.07) is 4.04. The maximum absolute atomic E-state index is 12.1. The van der Waals surface area contributed by atoms with Crippen molar-refractivity contribution in [3.8, 4) is 0 Å². The lowest BCUT2D eigenvalue weighted by atomic mass is 10.2. The summed E-state index contributed by atoms with van der Waals surface area (Å²) in [5.74, 6) is -0.436. The minimum absolute atomic E-state index is 0.134. The molecule has 0 bridgehead atoms. The molecule has 8 heteroatoms. The van der Waals surface area contributed by atoms with Gasteiger partial charge in [-0.1, -0.05) is 0 Å². The number of benzene rings is 1. The van der Waals surface area contributed by atoms with Crippen LogP contribution in [0, 0.1) is 24.0 Å². The average molecular weight is 356 g/mol. The second-order valence-corrected chi connectivity index (χ2v) is 6.09. The lowest BCUT2D eigenvalue weighted by molar-refractivity contribution is -0.384. The first-order chi connectivity index (χ1) is 9.38. The molecule has 0 radical (unpaired) electrons. The maximum Gasteiger partial charge on any atom is 0.270 e. The minimum Gasteiger partial charge on any atom is -0.298 e. The summed E-state index contributed by atoms with van der Waals surface area (Å²) in [6.45, 7) is 3.76. The minimum atomic E-state index is -0.541. The molecule has 2 aromatic rings. The van der Waals surface area contributed by atoms with Gasteiger partial charge in [0.2, 0.25) is 0 Å². The molecule has 1 aromatic heterocycles. The van der Waals surface area contributed by atoms with Gasteiger partial charge in [0, 0.05) is 21.5 Å². The van der Waals surface area contributed by atoms with Crippen LogP contribution in [-0.4, -0.2) is 15.8 Å². The highest BCUT2D eigenvalue weighted by Gasteiger charge is 2.17. The number of hydrogen-bond acceptors (Lipinski definition) is 5. The van der Waals surface area contributed by atoms with Crippen LogP contribution in [0.1, 0.15) is 20.9 Å². The van der Waals surface area contributed by atoms with Crippen LogP contribution < -0.4 is 5.32 Å². The smallest absolute Gasteiger partial charge is 0.270 e. The van der Waals surface area contributed by atoms with Gasteiger partial charge in [0.25, 0.3) is 11.6 Å². The Bertz CT molecular complexity index is 680. The number of nitrogens with zero attached hydrogens (tertiary/aromatic N) is 2. The summed E-state index contributed by atoms with van der Waals surface area (Å²) in [4.78, 5) is 27.5. The van der Waals surface area contributed by atoms with Gasteiger partial charge in [-0.05, 0) is 35.8 Å². The maximum atomic E-state index is 12.1. The molecule has 0 aliphatic rings. The Balaban J connectivity index is 2.29. The van der Waals surface area contributed by atoms with E-state index in [9.17, 15) is 14.9 Å². The predicted molar refractivity (Wildman–Crippen MR) is 80.3 cm³/mol. The van der Waals surface area contributed by atoms with Crippen LogP contribution >= 0.6 is 27.3 Å². The van der Waals surface area contributed by atoms with Gasteiger partial charge in [-0.2, -0.15) is 0 Å². The topological polar surface area (TPSA) is 85.1 Å². The molecule has 0 saturated carbocycles. The van der Waals surface area contributed by atoms with Crippen LogP contribution in [0.5, 0.6) is 0 Å². The molecule has 6 nitrogen and oxygen atoms in total. The van der Waals surface area contributed by atoms with Gasteiger partial charge < -0.3 is 0 Å². The number of carbonyl (C=O) groups excluding carboxylic acids is 1. The monoisotopic (exact) mass is 355 g/mol. The molecular formula is C12H10BrN3O3S. The second kappa shape index (κ2) is 5.68. The van der Waals surface area contributed by atoms with E-state index in [2.05, 4.69) is 26.2 Å². The molecule has 0 aliphatic carbocycles. The Morgan fingerprint density at radius 1 is 1.45 bits per heavy atom. The number of non-ortho nitro benzene ring substituents is 1. The van der Waals surface area contributed by atoms with Crippen molar-refractivity contribution in [2.75, 3.05) is 5.32 Å². The number of thiazole rings is 1. The van der Waals surface area contributed by atoms with E-state index < -0.39 is 10.8 Å². The third-order valence-corrected chi connectivity index (χ3v) is 4.33. The van der Waals surface area contributed by atoms with Gasteiger partial charge in [0.05, 0.1) is 16.2 Å². The van der Waals surface area contributed by atoms with Gasteiger partial charge >= 0.3 is 0 Å². The number of aromatic nitrogens is 1. The van der Waals surface area contributed by atoms with Crippen LogP contribution in [0.25, 0.3) is 0 Å². The van der Waals surface area contributed by atoms with E-state index in [4.69, 9.17) is 0 Å². The van der Waals surface area contributed by atoms with Crippen molar-refractivity contribution in [3.05, 3.63) is 48.9 Å². The van der Waals surface area contributed by atoms with E-state index in [1.54, 1.807) is 0 Å². The first-order valence-electron chi connectivity index (χ1n) is 5.58. The summed E-state index contributed by atoms with van der Waals surface area (Å²) in [6.07, 6.45) is 0. The summed E-state index contributed by atoms with van der Waals surface area (Å²) in [5, 5.41) is 13.9. The van der Waals surface area contributed by atoms with Crippen LogP contribution in [0.3, 0.4) is 0 Å². The second-order valence-electron chi connectivity index (χ2n) is 4.04. The van der Waals surface area contributed by atoms with Gasteiger partial charge in [-0.3, -0.25) is 20.2 Å². The Hall–Kier alpha value is -1.80. The molecule has 1 heterocycles. The van der Waals surface area contributed by atoms with Gasteiger partial charge in [0.15, 0.2) is 5.13 Å². The van der Waals surface area contributed by atoms with Crippen molar-refractivity contribution in [2.45, 2.75) is 13.8 Å². The zero-order valence-electron chi connectivity index (χ0n) is 10.6. The molecule has 20 heavy (non-hydrogen) atoms. The predicted octanol–water partition coefficient (Wildman–Crippen LogP) is 3.68. The van der Waals surface area contributed by atoms with Crippen LogP contribution in [0.15, 0.2) is 22.7 Å². The van der Waals surface area contributed by atoms with Gasteiger partial charge in [-0.25, -0.2) is 4.98 Å². The molecule has 0 aliphatic heterocycles. The normalized spacial score (nSPS) is 10.3. The SMILES string of the molecule is Cc1nc(NC(=O)c2cc([N+](=O)[O-])ccc2Br)sc1C. The fraction of sp³-hybridized carbons (Fsp3) is 0.167. The average Bonchev–Trinajstić information content (AvgIpc) is 2.68. The van der Waals surface area contributed by atoms with Crippen molar-refractivity contribution in [2.24, 2.45) is 0 Å². The summed E-state index contributed by atoms with van der Waals surface area (Å²) >= 11 is 4.57. The van der Waals surface area contributed by atoms with Crippen LogP contribution in [0.2, 0.25) is 0 Å². The number of nitro benzene ring substituents is 1. The Kier molecular flexibility index (Phi) is 4.15. The fourth-order valence-electron chi connectivity index (χ4n) is 1.49. The number of amides is 1. The highest BCUT2D eigenvalue weighted by atomic mass is 79.9. The van der Waals surface area contributed by atoms with E-state index in [-0.39, 0.29) is 11.3 Å². The Morgan fingerprint density at radius 2 is 2.15 bits per heavy atom. The number of hydrogen-bond donors (Lipinski definition) is 1. The molecule has 0 spiro atoms. The molecule has 0 fully saturated rings. The van der Waals surface area contributed by atoms with Crippen molar-refractivity contribution in [1.29, 1.82) is 0 Å². The van der Waals surface area contributed by atoms with Crippen molar-refractivity contribution < 1.29 is 9.72 Å². The van der Waals surface area contributed by atoms with Crippen molar-refractivity contribution >= 4 is 44.0 Å². The van der Waals surface area contributed by atoms with Gasteiger partial charge in [-0.15, -0.1) is 11.3 Å². The fourth-order valence-corrected chi connectivity index (χ4v) is 2.73. The largest absolute Gasteiger partial charge is 0.298 e. The Labute approximate surface area is 127 Å². The standard InChI is InChI=1S/C12H10BrN3O3S/c1-6-7(2)20-12(14-6)15-11(17)9-5-8(16(18)19)3-4-10(9)13/h3-5H,1-2H3,(H,14,15,17). The number of anilines is 1. The first kappa shape index (κ1) is 14.6. The summed E-state index contributed by atoms with van der Waals surface area (Å²) < 4.78 is 0.491. The summed E-state index contributed by atoms with van der Waals surface area (Å²) in [7, 11) is 0. The molecule has 1 amide bonds. The van der Waals surface area contributed by atoms with Crippen LogP contribution in [0.4, 0.5) is 10.8 Å². The lowest BCUT2D eigenvalue weighted by Gasteiger charge is -2.04. The molecule has 1 aromatic carbocycles. The summed E-state index contributed by atoms with van der Waals surface area (Å²) in [5.41, 5.74) is 0.915. The van der Waals surface area contributed by atoms with E-state index in [0.717, 1.165) is 10.6 Å².